The minimum Gasteiger partial charge on any atom is -0.306 e. The third-order valence-electron chi connectivity index (χ3n) is 13.4. The molecule has 0 saturated heterocycles. The van der Waals surface area contributed by atoms with Crippen LogP contribution in [0, 0.1) is 0 Å². The Bertz CT molecular complexity index is 2440. The summed E-state index contributed by atoms with van der Waals surface area (Å²) in [6.45, 7) is 10.3. The highest BCUT2D eigenvalue weighted by molar-refractivity contribution is 7.27. The summed E-state index contributed by atoms with van der Waals surface area (Å²) in [5, 5.41) is 0. The van der Waals surface area contributed by atoms with Crippen molar-refractivity contribution >= 4 is 91.2 Å². The first-order chi connectivity index (χ1) is 33.4. The van der Waals surface area contributed by atoms with Gasteiger partial charge in [-0.1, -0.05) is 130 Å². The topological polar surface area (TPSA) is 40.6 Å². The van der Waals surface area contributed by atoms with Crippen LogP contribution in [0.15, 0.2) is 83.9 Å². The third-order valence-corrected chi connectivity index (χ3v) is 20.8. The standard InChI is InChI=1S/C58H72N2O2S6/c1-5-9-13-17-19-23-39-59-55(51-37-35-49(67-51)47-33-31-45(65-47)43-29-27-41(63-43)25-21-15-11-7-3)53-54(57(59)61)56(60(58(53)62)40-24-20-18-14-10-6-2)52-38-36-50(68-52)48-34-32-46(66-48)44-30-28-42(64-44)26-22-16-12-8-4/h27-38H,5-26,39-40H2,1-4H3. The zero-order valence-electron chi connectivity index (χ0n) is 41.1. The van der Waals surface area contributed by atoms with E-state index in [0.717, 1.165) is 59.7 Å². The lowest BCUT2D eigenvalue weighted by Gasteiger charge is -2.24. The minimum atomic E-state index is -0.00883. The minimum absolute atomic E-state index is 0.00883. The summed E-state index contributed by atoms with van der Waals surface area (Å²) in [5.74, 6) is -0.0177. The Hall–Kier alpha value is -3.38. The molecule has 0 radical (unpaired) electrons. The van der Waals surface area contributed by atoms with Gasteiger partial charge >= 0.3 is 0 Å². The van der Waals surface area contributed by atoms with E-state index in [1.807, 2.05) is 55.1 Å². The van der Waals surface area contributed by atoms with E-state index in [1.165, 1.54) is 152 Å². The lowest BCUT2D eigenvalue weighted by molar-refractivity contribution is -0.124. The van der Waals surface area contributed by atoms with Crippen molar-refractivity contribution < 1.29 is 9.59 Å². The smallest absolute Gasteiger partial charge is 0.261 e. The highest BCUT2D eigenvalue weighted by Crippen LogP contribution is 2.51. The van der Waals surface area contributed by atoms with Gasteiger partial charge in [-0.05, 0) is 111 Å². The Kier molecular flexibility index (Phi) is 19.2. The van der Waals surface area contributed by atoms with Crippen molar-refractivity contribution in [1.82, 2.24) is 9.80 Å². The zero-order chi connectivity index (χ0) is 47.2. The molecule has 0 bridgehead atoms. The molecule has 0 spiro atoms. The highest BCUT2D eigenvalue weighted by Gasteiger charge is 2.49. The molecule has 0 fully saturated rings. The van der Waals surface area contributed by atoms with Gasteiger partial charge in [0.25, 0.3) is 11.8 Å². The summed E-state index contributed by atoms with van der Waals surface area (Å²) in [5.41, 5.74) is 2.88. The summed E-state index contributed by atoms with van der Waals surface area (Å²) in [6, 6.07) is 27.1. The quantitative estimate of drug-likeness (QED) is 0.0422. The van der Waals surface area contributed by atoms with Crippen molar-refractivity contribution in [3.05, 3.63) is 103 Å². The van der Waals surface area contributed by atoms with Crippen molar-refractivity contribution in [3.63, 3.8) is 0 Å². The van der Waals surface area contributed by atoms with Crippen molar-refractivity contribution in [2.75, 3.05) is 13.1 Å². The van der Waals surface area contributed by atoms with Crippen LogP contribution in [0.1, 0.15) is 176 Å². The van der Waals surface area contributed by atoms with Crippen LogP contribution >= 0.6 is 68.0 Å². The van der Waals surface area contributed by atoms with Gasteiger partial charge in [-0.3, -0.25) is 9.59 Å². The molecule has 8 heterocycles. The maximum Gasteiger partial charge on any atom is 0.261 e. The van der Waals surface area contributed by atoms with Crippen LogP contribution < -0.4 is 0 Å². The van der Waals surface area contributed by atoms with Crippen LogP contribution in [0.5, 0.6) is 0 Å². The number of carbonyl (C=O) groups is 2. The Balaban J connectivity index is 1.10. The number of aryl methyl sites for hydroxylation is 2. The largest absolute Gasteiger partial charge is 0.306 e. The van der Waals surface area contributed by atoms with E-state index in [9.17, 15) is 0 Å². The van der Waals surface area contributed by atoms with Crippen LogP contribution in [0.4, 0.5) is 0 Å². The number of fused-ring (bicyclic) bond motifs is 1. The normalized spacial score (nSPS) is 14.0. The number of rotatable bonds is 30. The Morgan fingerprint density at radius 1 is 0.309 bits per heavy atom. The van der Waals surface area contributed by atoms with Crippen molar-refractivity contribution in [3.8, 4) is 39.0 Å². The number of hydrogen-bond donors (Lipinski definition) is 0. The second kappa shape index (κ2) is 25.7. The SMILES string of the molecule is CCCCCCCCN1C(=O)C2=C(c3ccc(-c4ccc(-c5ccc(CCCCCC)s5)s4)s3)N(CCCCCCCC)C(=O)C2=C1c1ccc(-c2ccc(-c3ccc(CCCCCC)s3)s2)s1. The van der Waals surface area contributed by atoms with Crippen LogP contribution in [-0.4, -0.2) is 34.7 Å². The fraction of sp³-hybridized carbons (Fsp3) is 0.483. The van der Waals surface area contributed by atoms with Crippen molar-refractivity contribution in [2.45, 2.75) is 169 Å². The third kappa shape index (κ3) is 12.4. The summed E-state index contributed by atoms with van der Waals surface area (Å²) < 4.78 is 0. The Morgan fingerprint density at radius 2 is 0.574 bits per heavy atom. The fourth-order valence-electron chi connectivity index (χ4n) is 9.58. The molecule has 2 aliphatic rings. The molecule has 0 saturated carbocycles. The van der Waals surface area contributed by atoms with Gasteiger partial charge in [0, 0.05) is 61.9 Å². The molecule has 2 amide bonds. The summed E-state index contributed by atoms with van der Waals surface area (Å²) >= 11 is 11.0. The molecule has 10 heteroatoms. The van der Waals surface area contributed by atoms with Gasteiger partial charge in [-0.25, -0.2) is 0 Å². The first-order valence-electron chi connectivity index (χ1n) is 26.1. The average Bonchev–Trinajstić information content (AvgIpc) is 4.20. The molecule has 8 rings (SSSR count). The second-order valence-electron chi connectivity index (χ2n) is 18.7. The molecule has 6 aromatic rings. The van der Waals surface area contributed by atoms with Gasteiger partial charge in [0.15, 0.2) is 0 Å². The molecule has 4 nitrogen and oxygen atoms in total. The predicted octanol–water partition coefficient (Wildman–Crippen LogP) is 19.5. The average molecular weight is 1020 g/mol. The van der Waals surface area contributed by atoms with Gasteiger partial charge in [0.1, 0.15) is 0 Å². The van der Waals surface area contributed by atoms with Crippen molar-refractivity contribution in [2.24, 2.45) is 0 Å². The van der Waals surface area contributed by atoms with E-state index in [0.29, 0.717) is 24.2 Å². The van der Waals surface area contributed by atoms with Crippen LogP contribution in [0.3, 0.4) is 0 Å². The maximum absolute atomic E-state index is 15.2. The number of nitrogens with zero attached hydrogens (tertiary/aromatic N) is 2. The number of thiophene rings is 6. The lowest BCUT2D eigenvalue weighted by atomic mass is 10.1. The molecule has 362 valence electrons. The number of hydrogen-bond acceptors (Lipinski definition) is 8. The van der Waals surface area contributed by atoms with E-state index >= 15 is 9.59 Å². The first kappa shape index (κ1) is 51.0. The van der Waals surface area contributed by atoms with Crippen molar-refractivity contribution in [1.29, 1.82) is 0 Å². The van der Waals surface area contributed by atoms with Gasteiger partial charge in [-0.15, -0.1) is 68.0 Å². The molecule has 0 aliphatic carbocycles. The van der Waals surface area contributed by atoms with Gasteiger partial charge in [-0.2, -0.15) is 0 Å². The van der Waals surface area contributed by atoms with E-state index in [1.54, 1.807) is 22.7 Å². The Labute approximate surface area is 431 Å². The number of amides is 2. The molecule has 0 unspecified atom stereocenters. The van der Waals surface area contributed by atoms with Gasteiger partial charge in [0.05, 0.1) is 32.3 Å². The summed E-state index contributed by atoms with van der Waals surface area (Å²) in [6.07, 6.45) is 26.3. The number of unbranched alkanes of at least 4 members (excludes halogenated alkanes) is 16. The summed E-state index contributed by atoms with van der Waals surface area (Å²) in [7, 11) is 0. The lowest BCUT2D eigenvalue weighted by Crippen LogP contribution is -2.30. The molecule has 0 aromatic carbocycles. The fourth-order valence-corrected chi connectivity index (χ4v) is 16.2. The number of carbonyl (C=O) groups excluding carboxylic acids is 2. The molecule has 6 aromatic heterocycles. The van der Waals surface area contributed by atoms with E-state index < -0.39 is 0 Å². The monoisotopic (exact) mass is 1020 g/mol. The molecular weight excluding hydrogens is 949 g/mol. The van der Waals surface area contributed by atoms with Crippen LogP contribution in [-0.2, 0) is 22.4 Å². The molecule has 2 aliphatic heterocycles. The van der Waals surface area contributed by atoms with E-state index in [2.05, 4.69) is 100 Å². The molecule has 0 N–H and O–H groups in total. The van der Waals surface area contributed by atoms with E-state index in [4.69, 9.17) is 0 Å². The second-order valence-corrected chi connectivity index (χ2v) is 25.4. The van der Waals surface area contributed by atoms with Gasteiger partial charge in [0.2, 0.25) is 0 Å². The van der Waals surface area contributed by atoms with E-state index in [-0.39, 0.29) is 11.8 Å². The molecule has 0 atom stereocenters. The molecular formula is C58H72N2O2S6. The highest BCUT2D eigenvalue weighted by atomic mass is 32.1. The predicted molar refractivity (Wildman–Crippen MR) is 302 cm³/mol. The van der Waals surface area contributed by atoms with Crippen LogP contribution in [0.2, 0.25) is 0 Å². The first-order valence-corrected chi connectivity index (χ1v) is 31.0. The zero-order valence-corrected chi connectivity index (χ0v) is 46.0. The molecule has 68 heavy (non-hydrogen) atoms. The Morgan fingerprint density at radius 3 is 0.926 bits per heavy atom. The van der Waals surface area contributed by atoms with Gasteiger partial charge < -0.3 is 9.80 Å². The maximum atomic E-state index is 15.2. The summed E-state index contributed by atoms with van der Waals surface area (Å²) in [4.78, 5) is 49.5. The van der Waals surface area contributed by atoms with Crippen LogP contribution in [0.25, 0.3) is 50.4 Å².